The lowest BCUT2D eigenvalue weighted by Crippen LogP contribution is -2.30. The fraction of sp³-hybridized carbons (Fsp3) is 0.182. The number of rotatable bonds is 8. The van der Waals surface area contributed by atoms with Crippen LogP contribution in [0.1, 0.15) is 18.1 Å². The maximum absolute atomic E-state index is 14.2. The van der Waals surface area contributed by atoms with Crippen LogP contribution in [0.15, 0.2) is 71.6 Å². The Morgan fingerprint density at radius 2 is 1.63 bits per heavy atom. The van der Waals surface area contributed by atoms with Crippen molar-refractivity contribution in [1.29, 1.82) is 0 Å². The standard InChI is InChI=1S/C22H22F2N2O3S/c1-2-29-18-8-10-19(11-9-18)30(27,28)26(15-17-5-3-4-6-20(17)23)14-16-7-12-22(25)21(24)13-16/h3-13H,2,14-15,25H2,1H3. The molecule has 0 aliphatic heterocycles. The van der Waals surface area contributed by atoms with Gasteiger partial charge in [0.2, 0.25) is 10.0 Å². The van der Waals surface area contributed by atoms with Crippen molar-refractivity contribution in [2.75, 3.05) is 12.3 Å². The van der Waals surface area contributed by atoms with Crippen LogP contribution in [0.2, 0.25) is 0 Å². The first kappa shape index (κ1) is 21.7. The van der Waals surface area contributed by atoms with E-state index in [1.54, 1.807) is 24.3 Å². The molecule has 0 fully saturated rings. The molecular formula is C22H22F2N2O3S. The van der Waals surface area contributed by atoms with Gasteiger partial charge in [-0.05, 0) is 55.0 Å². The second kappa shape index (κ2) is 9.23. The van der Waals surface area contributed by atoms with Gasteiger partial charge in [0.1, 0.15) is 17.4 Å². The average Bonchev–Trinajstić information content (AvgIpc) is 2.72. The number of nitrogens with zero attached hydrogens (tertiary/aromatic N) is 1. The van der Waals surface area contributed by atoms with Gasteiger partial charge in [-0.15, -0.1) is 0 Å². The van der Waals surface area contributed by atoms with E-state index in [4.69, 9.17) is 10.5 Å². The van der Waals surface area contributed by atoms with Crippen LogP contribution in [-0.4, -0.2) is 19.3 Å². The smallest absolute Gasteiger partial charge is 0.243 e. The van der Waals surface area contributed by atoms with Crippen LogP contribution in [0.5, 0.6) is 5.75 Å². The summed E-state index contributed by atoms with van der Waals surface area (Å²) in [7, 11) is -4.01. The highest BCUT2D eigenvalue weighted by Gasteiger charge is 2.26. The summed E-state index contributed by atoms with van der Waals surface area (Å²) in [5.74, 6) is -0.623. The molecule has 3 aromatic rings. The number of halogens is 2. The van der Waals surface area contributed by atoms with Crippen LogP contribution in [0.4, 0.5) is 14.5 Å². The quantitative estimate of drug-likeness (QED) is 0.538. The molecule has 0 radical (unpaired) electrons. The van der Waals surface area contributed by atoms with Crippen LogP contribution < -0.4 is 10.5 Å². The largest absolute Gasteiger partial charge is 0.494 e. The van der Waals surface area contributed by atoms with E-state index < -0.39 is 21.7 Å². The Bertz CT molecular complexity index is 1120. The molecule has 0 heterocycles. The third kappa shape index (κ3) is 4.95. The van der Waals surface area contributed by atoms with E-state index in [9.17, 15) is 17.2 Å². The maximum Gasteiger partial charge on any atom is 0.243 e. The fourth-order valence-corrected chi connectivity index (χ4v) is 4.34. The molecule has 0 unspecified atom stereocenters. The Balaban J connectivity index is 1.98. The van der Waals surface area contributed by atoms with Crippen molar-refractivity contribution in [2.24, 2.45) is 0 Å². The van der Waals surface area contributed by atoms with E-state index in [1.807, 2.05) is 6.92 Å². The summed E-state index contributed by atoms with van der Waals surface area (Å²) in [6.45, 7) is 1.91. The lowest BCUT2D eigenvalue weighted by atomic mass is 10.1. The van der Waals surface area contributed by atoms with Crippen molar-refractivity contribution in [3.8, 4) is 5.75 Å². The van der Waals surface area contributed by atoms with Gasteiger partial charge in [0.05, 0.1) is 17.2 Å². The highest BCUT2D eigenvalue weighted by molar-refractivity contribution is 7.89. The van der Waals surface area contributed by atoms with E-state index in [1.165, 1.54) is 42.5 Å². The van der Waals surface area contributed by atoms with Crippen molar-refractivity contribution in [2.45, 2.75) is 24.9 Å². The van der Waals surface area contributed by atoms with Gasteiger partial charge < -0.3 is 10.5 Å². The van der Waals surface area contributed by atoms with Gasteiger partial charge in [-0.2, -0.15) is 4.31 Å². The molecule has 0 amide bonds. The van der Waals surface area contributed by atoms with E-state index in [0.717, 1.165) is 4.31 Å². The molecule has 3 aromatic carbocycles. The number of hydrogen-bond donors (Lipinski definition) is 1. The number of nitrogen functional groups attached to an aromatic ring is 1. The van der Waals surface area contributed by atoms with Crippen molar-refractivity contribution in [3.63, 3.8) is 0 Å². The molecule has 0 saturated carbocycles. The molecule has 0 saturated heterocycles. The van der Waals surface area contributed by atoms with Crippen molar-refractivity contribution in [1.82, 2.24) is 4.31 Å². The Kier molecular flexibility index (Phi) is 6.69. The van der Waals surface area contributed by atoms with E-state index >= 15 is 0 Å². The topological polar surface area (TPSA) is 72.6 Å². The molecule has 0 spiro atoms. The predicted octanol–water partition coefficient (Wildman–Crippen LogP) is 4.34. The van der Waals surface area contributed by atoms with Gasteiger partial charge >= 0.3 is 0 Å². The van der Waals surface area contributed by atoms with Gasteiger partial charge in [-0.3, -0.25) is 0 Å². The molecule has 5 nitrogen and oxygen atoms in total. The zero-order valence-corrected chi connectivity index (χ0v) is 17.2. The Morgan fingerprint density at radius 3 is 2.27 bits per heavy atom. The number of sulfonamides is 1. The minimum Gasteiger partial charge on any atom is -0.494 e. The minimum atomic E-state index is -4.01. The van der Waals surface area contributed by atoms with Gasteiger partial charge in [-0.25, -0.2) is 17.2 Å². The first-order valence-electron chi connectivity index (χ1n) is 9.31. The lowest BCUT2D eigenvalue weighted by molar-refractivity contribution is 0.340. The lowest BCUT2D eigenvalue weighted by Gasteiger charge is -2.23. The first-order chi connectivity index (χ1) is 14.3. The molecule has 2 N–H and O–H groups in total. The summed E-state index contributed by atoms with van der Waals surface area (Å²) >= 11 is 0. The molecule has 3 rings (SSSR count). The SMILES string of the molecule is CCOc1ccc(S(=O)(=O)N(Cc2ccc(N)c(F)c2)Cc2ccccc2F)cc1. The van der Waals surface area contributed by atoms with Crippen molar-refractivity contribution < 1.29 is 21.9 Å². The van der Waals surface area contributed by atoms with Crippen LogP contribution in [-0.2, 0) is 23.1 Å². The van der Waals surface area contributed by atoms with Crippen molar-refractivity contribution in [3.05, 3.63) is 89.5 Å². The number of anilines is 1. The molecule has 30 heavy (non-hydrogen) atoms. The monoisotopic (exact) mass is 432 g/mol. The summed E-state index contributed by atoms with van der Waals surface area (Å²) in [6, 6.07) is 16.0. The Labute approximate surface area is 174 Å². The maximum atomic E-state index is 14.2. The third-order valence-electron chi connectivity index (χ3n) is 4.50. The molecule has 0 aromatic heterocycles. The van der Waals surface area contributed by atoms with Crippen LogP contribution in [0.25, 0.3) is 0 Å². The van der Waals surface area contributed by atoms with E-state index in [-0.39, 0.29) is 29.2 Å². The van der Waals surface area contributed by atoms with Gasteiger partial charge in [0.15, 0.2) is 0 Å². The molecule has 0 aliphatic rings. The molecular weight excluding hydrogens is 410 g/mol. The molecule has 8 heteroatoms. The highest BCUT2D eigenvalue weighted by atomic mass is 32.2. The highest BCUT2D eigenvalue weighted by Crippen LogP contribution is 2.25. The summed E-state index contributed by atoms with van der Waals surface area (Å²) in [5.41, 5.74) is 6.08. The first-order valence-corrected chi connectivity index (χ1v) is 10.8. The number of ether oxygens (including phenoxy) is 1. The third-order valence-corrected chi connectivity index (χ3v) is 6.31. The summed E-state index contributed by atoms with van der Waals surface area (Å²) < 4.78 is 61.2. The molecule has 0 aliphatic carbocycles. The number of hydrogen-bond acceptors (Lipinski definition) is 4. The van der Waals surface area contributed by atoms with Gasteiger partial charge in [0.25, 0.3) is 0 Å². The van der Waals surface area contributed by atoms with Crippen molar-refractivity contribution >= 4 is 15.7 Å². The minimum absolute atomic E-state index is 0.0261. The van der Waals surface area contributed by atoms with E-state index in [2.05, 4.69) is 0 Å². The molecule has 0 bridgehead atoms. The summed E-state index contributed by atoms with van der Waals surface area (Å²) in [6.07, 6.45) is 0. The molecule has 0 atom stereocenters. The van der Waals surface area contributed by atoms with Gasteiger partial charge in [0, 0.05) is 18.7 Å². The number of nitrogens with two attached hydrogens (primary N) is 1. The predicted molar refractivity (Wildman–Crippen MR) is 111 cm³/mol. The Morgan fingerprint density at radius 1 is 0.933 bits per heavy atom. The summed E-state index contributed by atoms with van der Waals surface area (Å²) in [5, 5.41) is 0. The van der Waals surface area contributed by atoms with Crippen LogP contribution in [0, 0.1) is 11.6 Å². The average molecular weight is 432 g/mol. The van der Waals surface area contributed by atoms with E-state index in [0.29, 0.717) is 17.9 Å². The fourth-order valence-electron chi connectivity index (χ4n) is 2.94. The Hall–Kier alpha value is -2.97. The van der Waals surface area contributed by atoms with Gasteiger partial charge in [-0.1, -0.05) is 24.3 Å². The summed E-state index contributed by atoms with van der Waals surface area (Å²) in [4.78, 5) is 0.0261. The van der Waals surface area contributed by atoms with Crippen LogP contribution >= 0.6 is 0 Å². The molecule has 158 valence electrons. The zero-order chi connectivity index (χ0) is 21.7. The van der Waals surface area contributed by atoms with Crippen LogP contribution in [0.3, 0.4) is 0 Å². The number of benzene rings is 3. The normalized spacial score (nSPS) is 11.6. The second-order valence-corrected chi connectivity index (χ2v) is 8.56. The zero-order valence-electron chi connectivity index (χ0n) is 16.4. The second-order valence-electron chi connectivity index (χ2n) is 6.62.